The van der Waals surface area contributed by atoms with Gasteiger partial charge in [-0.15, -0.1) is 11.3 Å². The number of halogens is 1. The highest BCUT2D eigenvalue weighted by molar-refractivity contribution is 7.18. The third kappa shape index (κ3) is 10.7. The summed E-state index contributed by atoms with van der Waals surface area (Å²) < 4.78 is 21.1. The minimum atomic E-state index is -0.308. The van der Waals surface area contributed by atoms with E-state index in [0.717, 1.165) is 210 Å². The summed E-state index contributed by atoms with van der Waals surface area (Å²) in [6, 6.07) is 29.4. The van der Waals surface area contributed by atoms with Crippen LogP contribution in [0.15, 0.2) is 139 Å². The molecule has 6 N–H and O–H groups in total. The van der Waals surface area contributed by atoms with Crippen LogP contribution in [-0.4, -0.2) is 110 Å². The average molecular weight is 1320 g/mol. The highest BCUT2D eigenvalue weighted by atomic mass is 32.1. The summed E-state index contributed by atoms with van der Waals surface area (Å²) in [6.07, 6.45) is 21.8. The lowest BCUT2D eigenvalue weighted by atomic mass is 9.85. The number of ether oxygens (including phenoxy) is 1. The van der Waals surface area contributed by atoms with Crippen LogP contribution in [0.25, 0.3) is 148 Å². The van der Waals surface area contributed by atoms with Crippen LogP contribution < -0.4 is 4.74 Å². The monoisotopic (exact) mass is 1320 g/mol. The van der Waals surface area contributed by atoms with E-state index in [1.54, 1.807) is 36.0 Å². The number of rotatable bonds is 7. The third-order valence-corrected chi connectivity index (χ3v) is 20.2. The first-order valence-electron chi connectivity index (χ1n) is 32.9. The molecule has 0 saturated heterocycles. The van der Waals surface area contributed by atoms with Crippen molar-refractivity contribution >= 4 is 127 Å². The molecule has 3 aliphatic rings. The van der Waals surface area contributed by atoms with Gasteiger partial charge in [0.05, 0.1) is 125 Å². The van der Waals surface area contributed by atoms with Gasteiger partial charge in [0, 0.05) is 107 Å². The van der Waals surface area contributed by atoms with Crippen LogP contribution in [0.1, 0.15) is 82.6 Å². The number of fused-ring (bicyclic) bond motifs is 17. The second kappa shape index (κ2) is 24.8. The molecule has 0 spiro atoms. The van der Waals surface area contributed by atoms with Crippen LogP contribution in [0.5, 0.6) is 5.75 Å². The molecular weight excluding hydrogens is 1260 g/mol. The van der Waals surface area contributed by atoms with Gasteiger partial charge in [0.25, 0.3) is 6.47 Å². The van der Waals surface area contributed by atoms with Crippen molar-refractivity contribution in [3.63, 3.8) is 0 Å². The Labute approximate surface area is 567 Å². The Hall–Kier alpha value is -12.1. The molecule has 486 valence electrons. The summed E-state index contributed by atoms with van der Waals surface area (Å²) in [4.78, 5) is 44.1. The van der Waals surface area contributed by atoms with Crippen molar-refractivity contribution in [1.29, 1.82) is 0 Å². The first-order chi connectivity index (χ1) is 48.5. The largest absolute Gasteiger partial charge is 0.428 e. The molecular formula is C76H62FN19O2S. The van der Waals surface area contributed by atoms with E-state index in [0.29, 0.717) is 17.7 Å². The lowest BCUT2D eigenvalue weighted by Crippen LogP contribution is -2.08. The number of aryl methyl sites for hydroxylation is 6. The Balaban J connectivity index is 0.0000000990. The van der Waals surface area contributed by atoms with Gasteiger partial charge in [0.15, 0.2) is 5.82 Å². The summed E-state index contributed by atoms with van der Waals surface area (Å²) in [5.74, 6) is 0.158. The van der Waals surface area contributed by atoms with Crippen molar-refractivity contribution in [1.82, 2.24) is 91.1 Å². The van der Waals surface area contributed by atoms with E-state index in [9.17, 15) is 9.18 Å². The number of carbonyl (C=O) groups excluding carboxylic acids is 1. The van der Waals surface area contributed by atoms with Gasteiger partial charge in [-0.05, 0) is 175 Å². The standard InChI is InChI=1S/C20H15N5.C19H19N5.C19H12N4O2S.C18H16FN5/c1-12-13(7-9-21-12)19-10-14(16-4-2-3-8-22-16)20-15-11-23-25-17(15)5-6-18(20)24-19;1-10-14(9-20-22-10)19-13-6-4-3-5-12(13)18-15(21-19)7-8-16-17(18)11(2)23-24-16;1-10-21-14-3-2-11(6-18(14)26-10)16-7-17(25-9-24)19-12-8-20-23-13(12)4-5-15(19)22-16;1-9-12(7-20-23-9)17-11-5-3-2-4-10(11)16-13-8-21-24-15(13)6-14(19)18(16)22-17/h2-8,10-11H,9H2,1H3,(H,23,25);7-9H,3-6H2,1-2H3,(H,20,22)(H,23,24);2-9H,1H3,(H,20,23);6-8H,2-5H2,1H3,(H,20,23)(H,21,24). The Morgan fingerprint density at radius 1 is 0.495 bits per heavy atom. The minimum Gasteiger partial charge on any atom is -0.428 e. The molecule has 23 heteroatoms. The summed E-state index contributed by atoms with van der Waals surface area (Å²) in [5, 5.41) is 52.3. The number of aromatic amines is 6. The van der Waals surface area contributed by atoms with Crippen molar-refractivity contribution in [3.8, 4) is 50.8 Å². The van der Waals surface area contributed by atoms with Crippen LogP contribution in [0.3, 0.4) is 0 Å². The van der Waals surface area contributed by atoms with Crippen LogP contribution in [0.4, 0.5) is 4.39 Å². The molecule has 0 radical (unpaired) electrons. The molecule has 99 heavy (non-hydrogen) atoms. The van der Waals surface area contributed by atoms with E-state index < -0.39 is 0 Å². The molecule has 0 amide bonds. The van der Waals surface area contributed by atoms with Gasteiger partial charge in [-0.1, -0.05) is 18.2 Å². The lowest BCUT2D eigenvalue weighted by Gasteiger charge is -2.21. The van der Waals surface area contributed by atoms with Crippen molar-refractivity contribution < 1.29 is 13.9 Å². The molecule has 12 aromatic heterocycles. The fourth-order valence-electron chi connectivity index (χ4n) is 14.6. The van der Waals surface area contributed by atoms with Gasteiger partial charge in [0.1, 0.15) is 11.3 Å². The summed E-state index contributed by atoms with van der Waals surface area (Å²) >= 11 is 1.64. The number of hydrogen-bond acceptors (Lipinski definition) is 16. The van der Waals surface area contributed by atoms with Gasteiger partial charge < -0.3 is 4.74 Å². The SMILES string of the molecule is CC1=NCC=C1c1cc(-c2ccccn2)c2c(ccc3[nH]ncc32)n1.Cc1[nH]ncc1-c1nc2c(F)cc3[nH]ncc3c2c2c1CCCC2.Cc1[nH]ncc1-c1nc2ccc3n[nH]c(C)c3c2c2c1CCCC2.Cc1nc2ccc(-c3cc(OC=O)c4c(ccc5[nH]ncc54)n3)cc2s1. The normalized spacial score (nSPS) is 13.6. The Kier molecular flexibility index (Phi) is 15.2. The summed E-state index contributed by atoms with van der Waals surface area (Å²) in [6.45, 7) is 11.3. The van der Waals surface area contributed by atoms with Gasteiger partial charge >= 0.3 is 0 Å². The van der Waals surface area contributed by atoms with Crippen LogP contribution in [-0.2, 0) is 30.5 Å². The van der Waals surface area contributed by atoms with Crippen molar-refractivity contribution in [2.75, 3.05) is 6.54 Å². The summed E-state index contributed by atoms with van der Waals surface area (Å²) in [7, 11) is 0. The van der Waals surface area contributed by atoms with Crippen LogP contribution >= 0.6 is 11.3 Å². The van der Waals surface area contributed by atoms with E-state index in [2.05, 4.69) is 120 Å². The number of allylic oxidation sites excluding steroid dienone is 1. The number of aromatic nitrogens is 18. The third-order valence-electron chi connectivity index (χ3n) is 19.2. The maximum atomic E-state index is 14.8. The molecule has 2 aliphatic carbocycles. The molecule has 20 rings (SSSR count). The molecule has 5 aromatic carbocycles. The zero-order chi connectivity index (χ0) is 67.0. The second-order valence-corrected chi connectivity index (χ2v) is 26.4. The highest BCUT2D eigenvalue weighted by Gasteiger charge is 2.27. The molecule has 0 bridgehead atoms. The highest BCUT2D eigenvalue weighted by Crippen LogP contribution is 2.43. The number of nitrogens with one attached hydrogen (secondary N) is 6. The number of carbonyl (C=O) groups is 1. The number of nitrogens with zero attached hydrogens (tertiary/aromatic N) is 13. The van der Waals surface area contributed by atoms with Crippen LogP contribution in [0, 0.1) is 33.5 Å². The second-order valence-electron chi connectivity index (χ2n) is 25.2. The molecule has 13 heterocycles. The molecule has 0 fully saturated rings. The number of aliphatic imine (C=N–C) groups is 1. The molecule has 0 atom stereocenters. The fraction of sp³-hybridized carbons (Fsp3) is 0.184. The number of H-pyrrole nitrogens is 6. The summed E-state index contributed by atoms with van der Waals surface area (Å²) in [5.41, 5.74) is 27.0. The van der Waals surface area contributed by atoms with E-state index in [4.69, 9.17) is 24.7 Å². The maximum Gasteiger partial charge on any atom is 0.298 e. The van der Waals surface area contributed by atoms with E-state index in [1.165, 1.54) is 51.9 Å². The molecule has 0 saturated carbocycles. The van der Waals surface area contributed by atoms with Gasteiger partial charge in [-0.3, -0.25) is 45.4 Å². The minimum absolute atomic E-state index is 0.308. The fourth-order valence-corrected chi connectivity index (χ4v) is 15.5. The first-order valence-corrected chi connectivity index (χ1v) is 33.7. The molecule has 17 aromatic rings. The van der Waals surface area contributed by atoms with Crippen molar-refractivity contribution in [3.05, 3.63) is 190 Å². The Bertz CT molecular complexity index is 6130. The molecule has 1 aliphatic heterocycles. The van der Waals surface area contributed by atoms with Gasteiger partial charge in [0.2, 0.25) is 0 Å². The van der Waals surface area contributed by atoms with E-state index in [1.807, 2.05) is 94.0 Å². The molecule has 0 unspecified atom stereocenters. The van der Waals surface area contributed by atoms with E-state index >= 15 is 0 Å². The van der Waals surface area contributed by atoms with Gasteiger partial charge in [-0.25, -0.2) is 29.3 Å². The topological polar surface area (TPSA) is 288 Å². The zero-order valence-electron chi connectivity index (χ0n) is 54.6. The zero-order valence-corrected chi connectivity index (χ0v) is 55.4. The van der Waals surface area contributed by atoms with Crippen molar-refractivity contribution in [2.24, 2.45) is 4.99 Å². The number of pyridine rings is 5. The predicted molar refractivity (Wildman–Crippen MR) is 387 cm³/mol. The Morgan fingerprint density at radius 3 is 1.77 bits per heavy atom. The number of thiazole rings is 1. The molecule has 21 nitrogen and oxygen atoms in total. The smallest absolute Gasteiger partial charge is 0.298 e. The predicted octanol–water partition coefficient (Wildman–Crippen LogP) is 16.1. The Morgan fingerprint density at radius 2 is 1.10 bits per heavy atom. The van der Waals surface area contributed by atoms with Crippen molar-refractivity contribution in [2.45, 2.75) is 86.0 Å². The quantitative estimate of drug-likeness (QED) is 0.0809. The number of benzene rings is 5. The maximum absolute atomic E-state index is 14.8. The average Bonchev–Trinajstić information content (AvgIpc) is 1.71. The lowest BCUT2D eigenvalue weighted by molar-refractivity contribution is -0.120. The van der Waals surface area contributed by atoms with Crippen LogP contribution in [0.2, 0.25) is 0 Å². The first kappa shape index (κ1) is 60.5. The van der Waals surface area contributed by atoms with Gasteiger partial charge in [-0.2, -0.15) is 30.6 Å². The van der Waals surface area contributed by atoms with E-state index in [-0.39, 0.29) is 5.82 Å². The number of hydrogen-bond donors (Lipinski definition) is 6.